The number of nitrogens with zero attached hydrogens (tertiary/aromatic N) is 3. The van der Waals surface area contributed by atoms with Crippen LogP contribution in [0, 0.1) is 0 Å². The van der Waals surface area contributed by atoms with Crippen LogP contribution in [0.2, 0.25) is 0 Å². The van der Waals surface area contributed by atoms with E-state index in [1.54, 1.807) is 0 Å². The summed E-state index contributed by atoms with van der Waals surface area (Å²) in [5.41, 5.74) is -1.17. The van der Waals surface area contributed by atoms with E-state index >= 15 is 0 Å². The topological polar surface area (TPSA) is 56.9 Å². The molecule has 0 fully saturated rings. The second-order valence-corrected chi connectivity index (χ2v) is 1.95. The summed E-state index contributed by atoms with van der Waals surface area (Å²) in [6.07, 6.45) is 3.48. The summed E-state index contributed by atoms with van der Waals surface area (Å²) in [5, 5.41) is 0. The molecular formula is C7H7N3O2. The highest BCUT2D eigenvalue weighted by molar-refractivity contribution is 5.18. The van der Waals surface area contributed by atoms with E-state index in [-0.39, 0.29) is 0 Å². The average Bonchev–Trinajstić information content (AvgIpc) is 2.06. The minimum absolute atomic E-state index is 0.528. The lowest BCUT2D eigenvalue weighted by Crippen LogP contribution is -2.36. The van der Waals surface area contributed by atoms with Gasteiger partial charge in [-0.05, 0) is 0 Å². The summed E-state index contributed by atoms with van der Waals surface area (Å²) in [5.74, 6) is 0. The Bertz CT molecular complexity index is 427. The van der Waals surface area contributed by atoms with Gasteiger partial charge in [-0.15, -0.1) is 0 Å². The highest BCUT2D eigenvalue weighted by atomic mass is 16.2. The van der Waals surface area contributed by atoms with Gasteiger partial charge in [-0.2, -0.15) is 4.98 Å². The fourth-order valence-corrected chi connectivity index (χ4v) is 0.711. The number of aromatic nitrogens is 3. The molecule has 1 aromatic heterocycles. The van der Waals surface area contributed by atoms with Crippen molar-refractivity contribution in [2.75, 3.05) is 0 Å². The first kappa shape index (κ1) is 8.19. The summed E-state index contributed by atoms with van der Waals surface area (Å²) in [4.78, 5) is 25.5. The Balaban J connectivity index is 3.66. The maximum atomic E-state index is 11.2. The Morgan fingerprint density at radius 1 is 1.33 bits per heavy atom. The van der Waals surface area contributed by atoms with Crippen LogP contribution in [-0.2, 0) is 0 Å². The largest absolute Gasteiger partial charge is 0.357 e. The molecule has 1 rings (SSSR count). The molecule has 0 spiro atoms. The van der Waals surface area contributed by atoms with E-state index < -0.39 is 11.4 Å². The van der Waals surface area contributed by atoms with Crippen molar-refractivity contribution < 1.29 is 0 Å². The monoisotopic (exact) mass is 165 g/mol. The first-order valence-electron chi connectivity index (χ1n) is 3.15. The quantitative estimate of drug-likeness (QED) is 0.599. The number of rotatable bonds is 2. The van der Waals surface area contributed by atoms with Crippen LogP contribution in [0.1, 0.15) is 0 Å². The van der Waals surface area contributed by atoms with Crippen LogP contribution < -0.4 is 11.4 Å². The van der Waals surface area contributed by atoms with Crippen LogP contribution in [0.15, 0.2) is 29.1 Å². The third-order valence-electron chi connectivity index (χ3n) is 1.30. The Labute approximate surface area is 67.9 Å². The van der Waals surface area contributed by atoms with Gasteiger partial charge < -0.3 is 0 Å². The fraction of sp³-hybridized carbons (Fsp3) is 0. The zero-order chi connectivity index (χ0) is 9.14. The Morgan fingerprint density at radius 2 is 2.00 bits per heavy atom. The first-order chi connectivity index (χ1) is 5.70. The van der Waals surface area contributed by atoms with Crippen LogP contribution in [0.25, 0.3) is 12.4 Å². The summed E-state index contributed by atoms with van der Waals surface area (Å²) in [6, 6.07) is 0. The van der Waals surface area contributed by atoms with E-state index in [2.05, 4.69) is 18.1 Å². The second kappa shape index (κ2) is 3.00. The Morgan fingerprint density at radius 3 is 2.50 bits per heavy atom. The maximum absolute atomic E-state index is 11.2. The predicted octanol–water partition coefficient (Wildman–Crippen LogP) is -0.394. The van der Waals surface area contributed by atoms with E-state index in [1.165, 1.54) is 6.20 Å². The van der Waals surface area contributed by atoms with Gasteiger partial charge >= 0.3 is 11.4 Å². The van der Waals surface area contributed by atoms with E-state index in [1.807, 2.05) is 0 Å². The summed E-state index contributed by atoms with van der Waals surface area (Å²) in [6.45, 7) is 6.67. The number of hydrogen-bond acceptors (Lipinski definition) is 3. The van der Waals surface area contributed by atoms with Gasteiger partial charge in [-0.25, -0.2) is 14.2 Å². The lowest BCUT2D eigenvalue weighted by atomic mass is 10.8. The predicted molar refractivity (Wildman–Crippen MR) is 45.5 cm³/mol. The third kappa shape index (κ3) is 1.12. The van der Waals surface area contributed by atoms with Crippen LogP contribution >= 0.6 is 0 Å². The van der Waals surface area contributed by atoms with E-state index in [0.29, 0.717) is 0 Å². The molecule has 0 aromatic carbocycles. The molecule has 0 unspecified atom stereocenters. The van der Waals surface area contributed by atoms with Crippen molar-refractivity contribution in [3.63, 3.8) is 0 Å². The first-order valence-corrected chi connectivity index (χ1v) is 3.15. The van der Waals surface area contributed by atoms with Crippen molar-refractivity contribution in [3.8, 4) is 0 Å². The zero-order valence-electron chi connectivity index (χ0n) is 6.30. The lowest BCUT2D eigenvalue weighted by Gasteiger charge is -1.98. The molecule has 0 saturated carbocycles. The molecule has 0 radical (unpaired) electrons. The van der Waals surface area contributed by atoms with Crippen molar-refractivity contribution in [3.05, 3.63) is 40.5 Å². The van der Waals surface area contributed by atoms with Crippen LogP contribution in [-0.4, -0.2) is 14.1 Å². The second-order valence-electron chi connectivity index (χ2n) is 1.95. The fourth-order valence-electron chi connectivity index (χ4n) is 0.711. The molecule has 1 aromatic rings. The summed E-state index contributed by atoms with van der Waals surface area (Å²) >= 11 is 0. The van der Waals surface area contributed by atoms with E-state index in [0.717, 1.165) is 21.7 Å². The van der Waals surface area contributed by atoms with E-state index in [4.69, 9.17) is 0 Å². The van der Waals surface area contributed by atoms with Crippen molar-refractivity contribution >= 4 is 12.4 Å². The molecule has 0 aliphatic rings. The average molecular weight is 165 g/mol. The van der Waals surface area contributed by atoms with Gasteiger partial charge in [-0.3, -0.25) is 4.57 Å². The van der Waals surface area contributed by atoms with Crippen LogP contribution in [0.4, 0.5) is 0 Å². The zero-order valence-corrected chi connectivity index (χ0v) is 6.30. The molecule has 0 atom stereocenters. The molecule has 0 N–H and O–H groups in total. The summed E-state index contributed by atoms with van der Waals surface area (Å²) < 4.78 is 1.88. The van der Waals surface area contributed by atoms with Gasteiger partial charge in [0.15, 0.2) is 0 Å². The van der Waals surface area contributed by atoms with Crippen molar-refractivity contribution in [2.24, 2.45) is 0 Å². The van der Waals surface area contributed by atoms with Gasteiger partial charge in [0.05, 0.1) is 0 Å². The van der Waals surface area contributed by atoms with Crippen molar-refractivity contribution in [1.29, 1.82) is 0 Å². The van der Waals surface area contributed by atoms with Crippen molar-refractivity contribution in [2.45, 2.75) is 0 Å². The molecule has 1 heterocycles. The van der Waals surface area contributed by atoms with Gasteiger partial charge in [0.25, 0.3) is 0 Å². The molecule has 0 saturated heterocycles. The van der Waals surface area contributed by atoms with Gasteiger partial charge in [-0.1, -0.05) is 13.2 Å². The van der Waals surface area contributed by atoms with Gasteiger partial charge in [0.2, 0.25) is 0 Å². The standard InChI is InChI=1S/C7H7N3O2/c1-3-9-5-8-6(11)10(4-2)7(9)12/h3-5H,1-2H2. The van der Waals surface area contributed by atoms with Crippen molar-refractivity contribution in [1.82, 2.24) is 14.1 Å². The molecule has 5 heteroatoms. The van der Waals surface area contributed by atoms with Gasteiger partial charge in [0, 0.05) is 12.4 Å². The Hall–Kier alpha value is -1.91. The van der Waals surface area contributed by atoms with Gasteiger partial charge in [0.1, 0.15) is 6.33 Å². The molecule has 0 aliphatic carbocycles. The van der Waals surface area contributed by atoms with Crippen LogP contribution in [0.3, 0.4) is 0 Å². The molecular weight excluding hydrogens is 158 g/mol. The highest BCUT2D eigenvalue weighted by Crippen LogP contribution is 1.73. The highest BCUT2D eigenvalue weighted by Gasteiger charge is 1.98. The minimum atomic E-state index is -0.645. The smallest absolute Gasteiger partial charge is 0.259 e. The number of hydrogen-bond donors (Lipinski definition) is 0. The van der Waals surface area contributed by atoms with Crippen LogP contribution in [0.5, 0.6) is 0 Å². The summed E-state index contributed by atoms with van der Waals surface area (Å²) in [7, 11) is 0. The minimum Gasteiger partial charge on any atom is -0.259 e. The third-order valence-corrected chi connectivity index (χ3v) is 1.30. The molecule has 0 aliphatic heterocycles. The SMILES string of the molecule is C=Cn1cnc(=O)n(C=C)c1=O. The lowest BCUT2D eigenvalue weighted by molar-refractivity contribution is 0.792. The van der Waals surface area contributed by atoms with E-state index in [9.17, 15) is 9.59 Å². The Kier molecular flexibility index (Phi) is 2.05. The molecule has 12 heavy (non-hydrogen) atoms. The molecule has 62 valence electrons. The molecule has 0 bridgehead atoms. The molecule has 0 amide bonds. The maximum Gasteiger partial charge on any atom is 0.357 e. The molecule has 5 nitrogen and oxygen atoms in total. The normalized spacial score (nSPS) is 9.33.